The largest absolute Gasteiger partial charge is 0.508 e. The molecule has 2 aromatic carbocycles. The molecule has 0 unspecified atom stereocenters. The number of aromatic hydroxyl groups is 2. The molecule has 0 amide bonds. The van der Waals surface area contributed by atoms with E-state index >= 15 is 0 Å². The van der Waals surface area contributed by atoms with E-state index in [1.807, 2.05) is 25.1 Å². The van der Waals surface area contributed by atoms with Crippen molar-refractivity contribution in [1.82, 2.24) is 9.88 Å². The van der Waals surface area contributed by atoms with Crippen molar-refractivity contribution in [1.29, 1.82) is 0 Å². The van der Waals surface area contributed by atoms with Gasteiger partial charge in [0, 0.05) is 29.8 Å². The smallest absolute Gasteiger partial charge is 0.339 e. The molecule has 0 aliphatic rings. The molecule has 0 aliphatic heterocycles. The summed E-state index contributed by atoms with van der Waals surface area (Å²) in [6, 6.07) is 9.32. The Morgan fingerprint density at radius 1 is 1.06 bits per heavy atom. The second-order valence-corrected chi connectivity index (χ2v) is 7.82. The summed E-state index contributed by atoms with van der Waals surface area (Å²) in [5, 5.41) is 30.6. The third-order valence-corrected chi connectivity index (χ3v) is 5.53. The maximum absolute atomic E-state index is 10.3. The van der Waals surface area contributed by atoms with Crippen LogP contribution < -0.4 is 14.8 Å². The van der Waals surface area contributed by atoms with Crippen LogP contribution in [0.5, 0.6) is 23.0 Å². The van der Waals surface area contributed by atoms with Crippen LogP contribution in [0.4, 0.5) is 5.69 Å². The zero-order valence-electron chi connectivity index (χ0n) is 21.0. The monoisotopic (exact) mass is 485 g/mol. The van der Waals surface area contributed by atoms with E-state index in [-0.39, 0.29) is 11.3 Å². The molecule has 0 saturated carbocycles. The predicted octanol–water partition coefficient (Wildman–Crippen LogP) is 4.50. The van der Waals surface area contributed by atoms with E-state index in [1.54, 1.807) is 14.2 Å². The number of nitrogens with zero attached hydrogens (tertiary/aromatic N) is 2. The number of hydrogen-bond donors (Lipinski definition) is 4. The second kappa shape index (κ2) is 13.2. The number of aromatic nitrogens is 1. The zero-order valence-corrected chi connectivity index (χ0v) is 21.0. The molecule has 3 aromatic rings. The van der Waals surface area contributed by atoms with Crippen LogP contribution in [0.25, 0.3) is 10.9 Å². The molecule has 1 aromatic heterocycles. The number of aromatic carboxylic acids is 1. The summed E-state index contributed by atoms with van der Waals surface area (Å²) in [7, 11) is 3.37. The van der Waals surface area contributed by atoms with Gasteiger partial charge in [-0.05, 0) is 57.2 Å². The first-order chi connectivity index (χ1) is 16.7. The Kier molecular flexibility index (Phi) is 10.4. The Morgan fingerprint density at radius 2 is 1.77 bits per heavy atom. The summed E-state index contributed by atoms with van der Waals surface area (Å²) in [6.45, 7) is 10.5. The molecule has 0 atom stereocenters. The number of benzene rings is 2. The standard InChI is InChI=1S/C19H29N3O2.C7H6O4/c1-6-22(7-2)12-8-11-20-16-13-17(23-4)18-15(19(16)24-5)10-9-14(3)21-18;8-4-1-2-5(7(10)11)6(9)3-4/h9-10,13,20H,6-8,11-12H2,1-5H3;1-3,8-9H,(H,10,11). The molecule has 0 bridgehead atoms. The normalized spacial score (nSPS) is 10.6. The van der Waals surface area contributed by atoms with E-state index in [4.69, 9.17) is 24.8 Å². The van der Waals surface area contributed by atoms with Gasteiger partial charge in [0.2, 0.25) is 0 Å². The lowest BCUT2D eigenvalue weighted by Crippen LogP contribution is -2.25. The van der Waals surface area contributed by atoms with Crippen LogP contribution in [0.1, 0.15) is 36.3 Å². The van der Waals surface area contributed by atoms with Crippen LogP contribution in [-0.4, -0.2) is 71.6 Å². The fourth-order valence-electron chi connectivity index (χ4n) is 3.61. The van der Waals surface area contributed by atoms with Gasteiger partial charge < -0.3 is 35.0 Å². The van der Waals surface area contributed by atoms with Crippen molar-refractivity contribution in [2.45, 2.75) is 27.2 Å². The van der Waals surface area contributed by atoms with Crippen molar-refractivity contribution >= 4 is 22.6 Å². The van der Waals surface area contributed by atoms with Gasteiger partial charge >= 0.3 is 5.97 Å². The number of ether oxygens (including phenoxy) is 2. The Labute approximate surface area is 205 Å². The first kappa shape index (κ1) is 27.5. The van der Waals surface area contributed by atoms with Gasteiger partial charge in [0.05, 0.1) is 19.9 Å². The van der Waals surface area contributed by atoms with E-state index < -0.39 is 11.7 Å². The molecule has 4 N–H and O–H groups in total. The average molecular weight is 486 g/mol. The van der Waals surface area contributed by atoms with Gasteiger partial charge in [0.1, 0.15) is 28.3 Å². The SMILES string of the molecule is CCN(CC)CCCNc1cc(OC)c2nc(C)ccc2c1OC.O=C(O)c1ccc(O)cc1O. The lowest BCUT2D eigenvalue weighted by Gasteiger charge is -2.19. The number of hydrogen-bond acceptors (Lipinski definition) is 8. The van der Waals surface area contributed by atoms with Crippen LogP contribution in [-0.2, 0) is 0 Å². The van der Waals surface area contributed by atoms with Crippen LogP contribution in [0.2, 0.25) is 0 Å². The van der Waals surface area contributed by atoms with E-state index in [1.165, 1.54) is 6.07 Å². The van der Waals surface area contributed by atoms with Gasteiger partial charge in [-0.15, -0.1) is 0 Å². The number of aryl methyl sites for hydroxylation is 1. The highest BCUT2D eigenvalue weighted by Gasteiger charge is 2.15. The predicted molar refractivity (Wildman–Crippen MR) is 137 cm³/mol. The Morgan fingerprint density at radius 3 is 2.34 bits per heavy atom. The fraction of sp³-hybridized carbons (Fsp3) is 0.385. The van der Waals surface area contributed by atoms with Crippen molar-refractivity contribution < 1.29 is 29.6 Å². The molecule has 9 nitrogen and oxygen atoms in total. The topological polar surface area (TPSA) is 124 Å². The van der Waals surface area contributed by atoms with E-state index in [0.29, 0.717) is 0 Å². The van der Waals surface area contributed by atoms with Crippen LogP contribution in [0.15, 0.2) is 36.4 Å². The summed E-state index contributed by atoms with van der Waals surface area (Å²) in [5.41, 5.74) is 2.53. The average Bonchev–Trinajstić information content (AvgIpc) is 2.83. The molecule has 0 saturated heterocycles. The van der Waals surface area contributed by atoms with E-state index in [9.17, 15) is 4.79 Å². The number of phenols is 2. The summed E-state index contributed by atoms with van der Waals surface area (Å²) in [6.07, 6.45) is 1.08. The van der Waals surface area contributed by atoms with Gasteiger partial charge in [-0.2, -0.15) is 0 Å². The minimum atomic E-state index is -1.22. The van der Waals surface area contributed by atoms with Crippen molar-refractivity contribution in [2.24, 2.45) is 0 Å². The number of nitrogens with one attached hydrogen (secondary N) is 1. The minimum absolute atomic E-state index is 0.160. The molecule has 0 radical (unpaired) electrons. The number of methoxy groups -OCH3 is 2. The summed E-state index contributed by atoms with van der Waals surface area (Å²) in [5.74, 6) is -0.227. The number of rotatable bonds is 10. The molecule has 190 valence electrons. The van der Waals surface area contributed by atoms with Gasteiger partial charge in [0.15, 0.2) is 5.75 Å². The van der Waals surface area contributed by atoms with Gasteiger partial charge in [-0.1, -0.05) is 13.8 Å². The second-order valence-electron chi connectivity index (χ2n) is 7.82. The number of pyridine rings is 1. The minimum Gasteiger partial charge on any atom is -0.508 e. The molecule has 9 heteroatoms. The van der Waals surface area contributed by atoms with Crippen LogP contribution >= 0.6 is 0 Å². The number of carboxylic acids is 1. The molecule has 0 spiro atoms. The Balaban J connectivity index is 0.000000328. The third-order valence-electron chi connectivity index (χ3n) is 5.53. The van der Waals surface area contributed by atoms with Crippen molar-refractivity contribution in [2.75, 3.05) is 45.7 Å². The Hall–Kier alpha value is -3.72. The molecule has 3 rings (SSSR count). The lowest BCUT2D eigenvalue weighted by atomic mass is 10.1. The van der Waals surface area contributed by atoms with Crippen LogP contribution in [0, 0.1) is 6.92 Å². The number of fused-ring (bicyclic) bond motifs is 1. The van der Waals surface area contributed by atoms with Gasteiger partial charge in [-0.3, -0.25) is 0 Å². The molecule has 0 aliphatic carbocycles. The maximum atomic E-state index is 10.3. The first-order valence-electron chi connectivity index (χ1n) is 11.5. The fourth-order valence-corrected chi connectivity index (χ4v) is 3.61. The van der Waals surface area contributed by atoms with Crippen molar-refractivity contribution in [3.05, 3.63) is 47.7 Å². The summed E-state index contributed by atoms with van der Waals surface area (Å²) >= 11 is 0. The molecule has 35 heavy (non-hydrogen) atoms. The van der Waals surface area contributed by atoms with E-state index in [0.717, 1.165) is 78.5 Å². The molecule has 0 fully saturated rings. The molecule has 1 heterocycles. The number of anilines is 1. The van der Waals surface area contributed by atoms with Crippen LogP contribution in [0.3, 0.4) is 0 Å². The highest BCUT2D eigenvalue weighted by molar-refractivity contribution is 5.95. The highest BCUT2D eigenvalue weighted by atomic mass is 16.5. The van der Waals surface area contributed by atoms with E-state index in [2.05, 4.69) is 29.0 Å². The Bertz CT molecular complexity index is 1130. The number of carboxylic acid groups (broad SMARTS) is 1. The van der Waals surface area contributed by atoms with Crippen molar-refractivity contribution in [3.8, 4) is 23.0 Å². The molecular formula is C26H35N3O6. The summed E-state index contributed by atoms with van der Waals surface area (Å²) < 4.78 is 11.2. The first-order valence-corrected chi connectivity index (χ1v) is 11.5. The number of phenolic OH excluding ortho intramolecular Hbond substituents is 1. The zero-order chi connectivity index (χ0) is 26.0. The van der Waals surface area contributed by atoms with Gasteiger partial charge in [0.25, 0.3) is 0 Å². The lowest BCUT2D eigenvalue weighted by molar-refractivity contribution is 0.0693. The molecular weight excluding hydrogens is 450 g/mol. The highest BCUT2D eigenvalue weighted by Crippen LogP contribution is 2.39. The third kappa shape index (κ3) is 7.38. The number of carbonyl (C=O) groups is 1. The van der Waals surface area contributed by atoms with Gasteiger partial charge in [-0.25, -0.2) is 9.78 Å². The quantitative estimate of drug-likeness (QED) is 0.307. The maximum Gasteiger partial charge on any atom is 0.339 e. The summed E-state index contributed by atoms with van der Waals surface area (Å²) in [4.78, 5) is 17.3. The van der Waals surface area contributed by atoms with Crippen molar-refractivity contribution in [3.63, 3.8) is 0 Å².